The van der Waals surface area contributed by atoms with Gasteiger partial charge < -0.3 is 9.80 Å². The highest BCUT2D eigenvalue weighted by Gasteiger charge is 2.32. The molecule has 0 heterocycles. The maximum absolute atomic E-state index is 2.66. The zero-order chi connectivity index (χ0) is 46.5. The van der Waals surface area contributed by atoms with Crippen molar-refractivity contribution in [2.24, 2.45) is 0 Å². The van der Waals surface area contributed by atoms with E-state index in [4.69, 9.17) is 0 Å². The summed E-state index contributed by atoms with van der Waals surface area (Å²) in [6.07, 6.45) is 0. The van der Waals surface area contributed by atoms with Crippen molar-refractivity contribution in [2.75, 3.05) is 9.80 Å². The Morgan fingerprint density at radius 2 is 0.355 bits per heavy atom. The molecule has 6 rings (SSSR count). The van der Waals surface area contributed by atoms with Crippen LogP contribution in [0.25, 0.3) is 11.1 Å². The van der Waals surface area contributed by atoms with E-state index >= 15 is 0 Å². The quantitative estimate of drug-likeness (QED) is 0.158. The summed E-state index contributed by atoms with van der Waals surface area (Å²) in [5, 5.41) is 0. The van der Waals surface area contributed by atoms with Crippen molar-refractivity contribution in [2.45, 2.75) is 166 Å². The second kappa shape index (κ2) is 16.6. The van der Waals surface area contributed by atoms with Gasteiger partial charge in [0.1, 0.15) is 0 Å². The second-order valence-corrected chi connectivity index (χ2v) is 19.6. The van der Waals surface area contributed by atoms with Crippen molar-refractivity contribution in [1.82, 2.24) is 0 Å². The normalized spacial score (nSPS) is 11.5. The van der Waals surface area contributed by atoms with E-state index < -0.39 is 0 Å². The average molecular weight is 825 g/mol. The van der Waals surface area contributed by atoms with E-state index in [0.29, 0.717) is 0 Å². The second-order valence-electron chi connectivity index (χ2n) is 19.6. The Balaban J connectivity index is 1.73. The molecule has 0 unspecified atom stereocenters. The third kappa shape index (κ3) is 7.01. The molecule has 0 radical (unpaired) electrons. The molecule has 0 aromatic heterocycles. The van der Waals surface area contributed by atoms with Crippen LogP contribution < -0.4 is 9.80 Å². The molecular weight excluding hydrogens is 749 g/mol. The lowest BCUT2D eigenvalue weighted by atomic mass is 9.80. The minimum Gasteiger partial charge on any atom is -0.309 e. The lowest BCUT2D eigenvalue weighted by Gasteiger charge is -2.38. The van der Waals surface area contributed by atoms with Crippen molar-refractivity contribution in [3.8, 4) is 11.1 Å². The SMILES string of the molecule is Cc1cc(C)c(N(c2c(C)c(C)c(C)c(C)c2C)c2c(C)c(C)c(-c3c(C)c(C)c(N(c4c(C)cc(C)cc4C)c4c(C)c(C)c(C)c(C)c4C)c(C)c3C)c(C)c2C)c(C)c1. The molecule has 0 aliphatic rings. The first-order valence-corrected chi connectivity index (χ1v) is 22.9. The highest BCUT2D eigenvalue weighted by atomic mass is 15.2. The molecule has 0 aliphatic heterocycles. The molecule has 2 nitrogen and oxygen atoms in total. The van der Waals surface area contributed by atoms with Gasteiger partial charge in [0, 0.05) is 0 Å². The summed E-state index contributed by atoms with van der Waals surface area (Å²) in [5.74, 6) is 0. The Morgan fingerprint density at radius 1 is 0.194 bits per heavy atom. The van der Waals surface area contributed by atoms with Gasteiger partial charge in [0.25, 0.3) is 0 Å². The van der Waals surface area contributed by atoms with Crippen LogP contribution in [-0.4, -0.2) is 0 Å². The minimum absolute atomic E-state index is 1.29. The van der Waals surface area contributed by atoms with Crippen molar-refractivity contribution in [3.63, 3.8) is 0 Å². The molecule has 0 spiro atoms. The molecule has 0 amide bonds. The van der Waals surface area contributed by atoms with Crippen molar-refractivity contribution in [1.29, 1.82) is 0 Å². The first kappa shape index (κ1) is 46.4. The summed E-state index contributed by atoms with van der Waals surface area (Å²) in [5.41, 5.74) is 42.8. The molecule has 326 valence electrons. The molecular formula is C60H76N2. The van der Waals surface area contributed by atoms with Crippen LogP contribution in [-0.2, 0) is 0 Å². The summed E-state index contributed by atoms with van der Waals surface area (Å²) in [4.78, 5) is 5.31. The maximum atomic E-state index is 2.66. The third-order valence-electron chi connectivity index (χ3n) is 16.0. The summed E-state index contributed by atoms with van der Waals surface area (Å²) < 4.78 is 0. The molecule has 0 N–H and O–H groups in total. The van der Waals surface area contributed by atoms with Crippen LogP contribution in [0.4, 0.5) is 34.1 Å². The van der Waals surface area contributed by atoms with Crippen LogP contribution in [0.1, 0.15) is 134 Å². The molecule has 0 saturated carbocycles. The van der Waals surface area contributed by atoms with E-state index in [9.17, 15) is 0 Å². The van der Waals surface area contributed by atoms with E-state index in [1.54, 1.807) is 0 Å². The largest absolute Gasteiger partial charge is 0.309 e. The molecule has 0 saturated heterocycles. The van der Waals surface area contributed by atoms with Gasteiger partial charge in [-0.15, -0.1) is 0 Å². The highest BCUT2D eigenvalue weighted by molar-refractivity contribution is 5.95. The first-order chi connectivity index (χ1) is 28.8. The summed E-state index contributed by atoms with van der Waals surface area (Å²) in [6, 6.07) is 9.43. The fraction of sp³-hybridized carbons (Fsp3) is 0.400. The summed E-state index contributed by atoms with van der Waals surface area (Å²) in [6.45, 7) is 55.8. The fourth-order valence-corrected chi connectivity index (χ4v) is 11.4. The zero-order valence-electron chi connectivity index (χ0n) is 43.2. The molecule has 6 aromatic rings. The molecule has 0 bridgehead atoms. The Morgan fingerprint density at radius 3 is 0.548 bits per heavy atom. The Kier molecular flexibility index (Phi) is 12.4. The lowest BCUT2D eigenvalue weighted by molar-refractivity contribution is 1.08. The topological polar surface area (TPSA) is 6.48 Å². The van der Waals surface area contributed by atoms with Gasteiger partial charge in [-0.25, -0.2) is 0 Å². The van der Waals surface area contributed by atoms with Gasteiger partial charge in [0.05, 0.1) is 34.1 Å². The standard InChI is InChI=1S/C60H76N2/c1-29-25-31(3)55(32(4)26-29)61(57-45(17)37(9)35(7)38(10)46(57)18)59-49(21)41(13)53(42(14)50(59)22)54-43(15)51(23)60(52(24)44(54)16)62(56-33(5)27-30(2)28-34(56)6)58-47(19)39(11)36(8)40(12)48(58)20/h25-28H,1-24H3. The Hall–Kier alpha value is -5.08. The van der Waals surface area contributed by atoms with Crippen LogP contribution in [0.2, 0.25) is 0 Å². The first-order valence-electron chi connectivity index (χ1n) is 22.9. The Labute approximate surface area is 377 Å². The van der Waals surface area contributed by atoms with Gasteiger partial charge in [-0.3, -0.25) is 0 Å². The van der Waals surface area contributed by atoms with Gasteiger partial charge in [0.2, 0.25) is 0 Å². The molecule has 0 fully saturated rings. The number of rotatable bonds is 7. The van der Waals surface area contributed by atoms with Crippen molar-refractivity contribution >= 4 is 34.1 Å². The third-order valence-corrected chi connectivity index (χ3v) is 16.0. The summed E-state index contributed by atoms with van der Waals surface area (Å²) >= 11 is 0. The fourth-order valence-electron chi connectivity index (χ4n) is 11.4. The van der Waals surface area contributed by atoms with Gasteiger partial charge in [-0.1, -0.05) is 35.4 Å². The summed E-state index contributed by atoms with van der Waals surface area (Å²) in [7, 11) is 0. The van der Waals surface area contributed by atoms with E-state index in [1.807, 2.05) is 0 Å². The molecule has 2 heteroatoms. The zero-order valence-corrected chi connectivity index (χ0v) is 43.2. The van der Waals surface area contributed by atoms with E-state index in [1.165, 1.54) is 179 Å². The monoisotopic (exact) mass is 825 g/mol. The van der Waals surface area contributed by atoms with Gasteiger partial charge in [0.15, 0.2) is 0 Å². The van der Waals surface area contributed by atoms with Crippen LogP contribution >= 0.6 is 0 Å². The van der Waals surface area contributed by atoms with Crippen LogP contribution in [0.15, 0.2) is 24.3 Å². The molecule has 0 atom stereocenters. The average Bonchev–Trinajstić information content (AvgIpc) is 3.19. The number of hydrogen-bond acceptors (Lipinski definition) is 2. The van der Waals surface area contributed by atoms with Crippen molar-refractivity contribution in [3.05, 3.63) is 158 Å². The van der Waals surface area contributed by atoms with Crippen LogP contribution in [0.5, 0.6) is 0 Å². The number of nitrogens with zero attached hydrogens (tertiary/aromatic N) is 2. The van der Waals surface area contributed by atoms with Gasteiger partial charge in [-0.2, -0.15) is 0 Å². The minimum atomic E-state index is 1.29. The number of hydrogen-bond donors (Lipinski definition) is 0. The Bertz CT molecular complexity index is 2510. The number of anilines is 6. The van der Waals surface area contributed by atoms with E-state index in [2.05, 4.69) is 200 Å². The number of benzene rings is 6. The van der Waals surface area contributed by atoms with Crippen LogP contribution in [0, 0.1) is 166 Å². The molecule has 0 aliphatic carbocycles. The van der Waals surface area contributed by atoms with Gasteiger partial charge in [-0.05, 0) is 300 Å². The highest BCUT2D eigenvalue weighted by Crippen LogP contribution is 2.53. The maximum Gasteiger partial charge on any atom is 0.0526 e. The predicted molar refractivity (Wildman–Crippen MR) is 275 cm³/mol. The number of aryl methyl sites for hydroxylation is 6. The molecule has 6 aromatic carbocycles. The van der Waals surface area contributed by atoms with E-state index in [-0.39, 0.29) is 0 Å². The van der Waals surface area contributed by atoms with Crippen LogP contribution in [0.3, 0.4) is 0 Å². The van der Waals surface area contributed by atoms with E-state index in [0.717, 1.165) is 0 Å². The molecule has 62 heavy (non-hydrogen) atoms. The lowest BCUT2D eigenvalue weighted by Crippen LogP contribution is -2.21. The van der Waals surface area contributed by atoms with Gasteiger partial charge >= 0.3 is 0 Å². The smallest absolute Gasteiger partial charge is 0.0526 e. The predicted octanol–water partition coefficient (Wildman–Crippen LogP) is 17.7. The van der Waals surface area contributed by atoms with Crippen molar-refractivity contribution < 1.29 is 0 Å².